The molecule has 0 unspecified atom stereocenters. The molecule has 0 amide bonds. The quantitative estimate of drug-likeness (QED) is 0.713. The molecule has 0 radical (unpaired) electrons. The van der Waals surface area contributed by atoms with Crippen LogP contribution in [-0.2, 0) is 6.54 Å². The van der Waals surface area contributed by atoms with E-state index in [0.29, 0.717) is 36.6 Å². The Balaban J connectivity index is 1.69. The van der Waals surface area contributed by atoms with Crippen molar-refractivity contribution >= 4 is 5.82 Å². The first-order valence-electron chi connectivity index (χ1n) is 7.83. The van der Waals surface area contributed by atoms with Crippen molar-refractivity contribution in [3.8, 4) is 17.3 Å². The first kappa shape index (κ1) is 15.9. The number of aryl methyl sites for hydroxylation is 1. The zero-order valence-corrected chi connectivity index (χ0v) is 13.7. The third-order valence-corrected chi connectivity index (χ3v) is 3.28. The van der Waals surface area contributed by atoms with Gasteiger partial charge in [-0.05, 0) is 31.0 Å². The Bertz CT molecular complexity index is 786. The maximum absolute atomic E-state index is 5.48. The summed E-state index contributed by atoms with van der Waals surface area (Å²) in [6, 6.07) is 7.57. The van der Waals surface area contributed by atoms with Gasteiger partial charge >= 0.3 is 0 Å². The highest BCUT2D eigenvalue weighted by Crippen LogP contribution is 2.24. The van der Waals surface area contributed by atoms with Gasteiger partial charge < -0.3 is 14.6 Å². The maximum Gasteiger partial charge on any atom is 0.261 e. The van der Waals surface area contributed by atoms with Gasteiger partial charge in [-0.25, -0.2) is 9.97 Å². The number of ether oxygens (including phenoxy) is 1. The van der Waals surface area contributed by atoms with E-state index in [9.17, 15) is 0 Å². The second-order valence-corrected chi connectivity index (χ2v) is 5.25. The van der Waals surface area contributed by atoms with Gasteiger partial charge in [-0.2, -0.15) is 4.98 Å². The molecule has 0 aliphatic rings. The molecule has 0 saturated carbocycles. The smallest absolute Gasteiger partial charge is 0.261 e. The molecule has 7 heteroatoms. The van der Waals surface area contributed by atoms with E-state index in [4.69, 9.17) is 9.26 Å². The lowest BCUT2D eigenvalue weighted by atomic mass is 10.2. The van der Waals surface area contributed by atoms with Crippen LogP contribution in [0.3, 0.4) is 0 Å². The lowest BCUT2D eigenvalue weighted by molar-refractivity contribution is 0.305. The summed E-state index contributed by atoms with van der Waals surface area (Å²) in [5.41, 5.74) is 1.80. The van der Waals surface area contributed by atoms with Crippen LogP contribution in [0.4, 0.5) is 5.82 Å². The van der Waals surface area contributed by atoms with Gasteiger partial charge in [-0.1, -0.05) is 18.1 Å². The predicted octanol–water partition coefficient (Wildman–Crippen LogP) is 3.24. The van der Waals surface area contributed by atoms with Crippen LogP contribution in [0.5, 0.6) is 5.88 Å². The van der Waals surface area contributed by atoms with Gasteiger partial charge in [0.15, 0.2) is 5.82 Å². The molecule has 0 bridgehead atoms. The molecular weight excluding hydrogens is 306 g/mol. The molecular formula is C17H19N5O2. The zero-order valence-electron chi connectivity index (χ0n) is 13.7. The van der Waals surface area contributed by atoms with Crippen molar-refractivity contribution in [3.63, 3.8) is 0 Å². The number of aromatic nitrogens is 4. The number of anilines is 1. The second-order valence-electron chi connectivity index (χ2n) is 5.25. The van der Waals surface area contributed by atoms with Crippen LogP contribution in [0.2, 0.25) is 0 Å². The summed E-state index contributed by atoms with van der Waals surface area (Å²) in [5.74, 6) is 2.36. The lowest BCUT2D eigenvalue weighted by Gasteiger charge is -2.09. The highest BCUT2D eigenvalue weighted by molar-refractivity contribution is 5.68. The Morgan fingerprint density at radius 2 is 2.12 bits per heavy atom. The lowest BCUT2D eigenvalue weighted by Crippen LogP contribution is -2.04. The average Bonchev–Trinajstić information content (AvgIpc) is 3.05. The van der Waals surface area contributed by atoms with Gasteiger partial charge in [0.05, 0.1) is 12.2 Å². The Kier molecular flexibility index (Phi) is 5.00. The molecule has 0 fully saturated rings. The first-order chi connectivity index (χ1) is 11.8. The topological polar surface area (TPSA) is 86.0 Å². The molecule has 3 rings (SSSR count). The van der Waals surface area contributed by atoms with Crippen LogP contribution >= 0.6 is 0 Å². The molecule has 124 valence electrons. The number of nitrogens with zero attached hydrogens (tertiary/aromatic N) is 4. The molecule has 3 aromatic heterocycles. The van der Waals surface area contributed by atoms with E-state index in [2.05, 4.69) is 32.3 Å². The third kappa shape index (κ3) is 3.87. The summed E-state index contributed by atoms with van der Waals surface area (Å²) in [6.07, 6.45) is 4.47. The Morgan fingerprint density at radius 1 is 1.21 bits per heavy atom. The monoisotopic (exact) mass is 325 g/mol. The van der Waals surface area contributed by atoms with E-state index in [1.54, 1.807) is 19.3 Å². The Labute approximate surface area is 140 Å². The molecule has 0 aromatic carbocycles. The average molecular weight is 325 g/mol. The largest absolute Gasteiger partial charge is 0.478 e. The number of nitrogens with one attached hydrogen (secondary N) is 1. The van der Waals surface area contributed by atoms with Crippen LogP contribution in [0.15, 0.2) is 41.2 Å². The van der Waals surface area contributed by atoms with Gasteiger partial charge in [-0.3, -0.25) is 0 Å². The third-order valence-electron chi connectivity index (χ3n) is 3.28. The van der Waals surface area contributed by atoms with E-state index in [0.717, 1.165) is 17.5 Å². The van der Waals surface area contributed by atoms with Gasteiger partial charge in [0.2, 0.25) is 5.88 Å². The summed E-state index contributed by atoms with van der Waals surface area (Å²) in [5, 5.41) is 7.10. The fourth-order valence-electron chi connectivity index (χ4n) is 2.12. The number of rotatable bonds is 7. The summed E-state index contributed by atoms with van der Waals surface area (Å²) < 4.78 is 10.7. The predicted molar refractivity (Wildman–Crippen MR) is 89.6 cm³/mol. The molecule has 3 aromatic rings. The standard InChI is InChI=1S/C17H19N5O2/c1-3-9-23-15-7-6-13(10-19-15)11-20-16-14(5-4-8-18-16)17-21-12(2)22-24-17/h4-8,10H,3,9,11H2,1-2H3,(H,18,20). The first-order valence-corrected chi connectivity index (χ1v) is 7.83. The SMILES string of the molecule is CCCOc1ccc(CNc2ncccc2-c2nc(C)no2)cn1. The molecule has 7 nitrogen and oxygen atoms in total. The fourth-order valence-corrected chi connectivity index (χ4v) is 2.12. The highest BCUT2D eigenvalue weighted by Gasteiger charge is 2.12. The Morgan fingerprint density at radius 3 is 2.83 bits per heavy atom. The summed E-state index contributed by atoms with van der Waals surface area (Å²) >= 11 is 0. The van der Waals surface area contributed by atoms with Crippen LogP contribution in [0.1, 0.15) is 24.7 Å². The molecule has 3 heterocycles. The second kappa shape index (κ2) is 7.54. The van der Waals surface area contributed by atoms with Crippen LogP contribution in [0.25, 0.3) is 11.5 Å². The van der Waals surface area contributed by atoms with E-state index >= 15 is 0 Å². The molecule has 0 atom stereocenters. The molecule has 0 spiro atoms. The fraction of sp³-hybridized carbons (Fsp3) is 0.294. The number of pyridine rings is 2. The van der Waals surface area contributed by atoms with Crippen molar-refractivity contribution in [1.82, 2.24) is 20.1 Å². The number of hydrogen-bond donors (Lipinski definition) is 1. The van der Waals surface area contributed by atoms with Gasteiger partial charge in [0.1, 0.15) is 5.82 Å². The molecule has 0 aliphatic carbocycles. The van der Waals surface area contributed by atoms with Gasteiger partial charge in [-0.15, -0.1) is 0 Å². The molecule has 1 N–H and O–H groups in total. The maximum atomic E-state index is 5.48. The van der Waals surface area contributed by atoms with Crippen molar-refractivity contribution in [2.75, 3.05) is 11.9 Å². The molecule has 0 aliphatic heterocycles. The number of hydrogen-bond acceptors (Lipinski definition) is 7. The summed E-state index contributed by atoms with van der Waals surface area (Å²) in [4.78, 5) is 12.9. The van der Waals surface area contributed by atoms with E-state index < -0.39 is 0 Å². The van der Waals surface area contributed by atoms with Crippen molar-refractivity contribution in [1.29, 1.82) is 0 Å². The highest BCUT2D eigenvalue weighted by atomic mass is 16.5. The van der Waals surface area contributed by atoms with Crippen LogP contribution in [0, 0.1) is 6.92 Å². The summed E-state index contributed by atoms with van der Waals surface area (Å²) in [7, 11) is 0. The minimum atomic E-state index is 0.449. The van der Waals surface area contributed by atoms with E-state index in [1.165, 1.54) is 0 Å². The van der Waals surface area contributed by atoms with E-state index in [1.807, 2.05) is 24.3 Å². The molecule has 24 heavy (non-hydrogen) atoms. The minimum absolute atomic E-state index is 0.449. The van der Waals surface area contributed by atoms with Crippen LogP contribution in [-0.4, -0.2) is 26.7 Å². The van der Waals surface area contributed by atoms with Crippen molar-refractivity contribution in [3.05, 3.63) is 48.0 Å². The minimum Gasteiger partial charge on any atom is -0.478 e. The summed E-state index contributed by atoms with van der Waals surface area (Å²) in [6.45, 7) is 5.10. The van der Waals surface area contributed by atoms with Crippen LogP contribution < -0.4 is 10.1 Å². The van der Waals surface area contributed by atoms with Crippen molar-refractivity contribution in [2.45, 2.75) is 26.8 Å². The van der Waals surface area contributed by atoms with Gasteiger partial charge in [0, 0.05) is 25.0 Å². The molecule has 0 saturated heterocycles. The Hall–Kier alpha value is -2.96. The van der Waals surface area contributed by atoms with E-state index in [-0.39, 0.29) is 0 Å². The zero-order chi connectivity index (χ0) is 16.8. The van der Waals surface area contributed by atoms with Gasteiger partial charge in [0.25, 0.3) is 5.89 Å². The van der Waals surface area contributed by atoms with Crippen molar-refractivity contribution in [2.24, 2.45) is 0 Å². The van der Waals surface area contributed by atoms with Crippen molar-refractivity contribution < 1.29 is 9.26 Å². The normalized spacial score (nSPS) is 10.6.